The van der Waals surface area contributed by atoms with Crippen LogP contribution in [0, 0.1) is 5.92 Å². The molecule has 7 nitrogen and oxygen atoms in total. The van der Waals surface area contributed by atoms with Gasteiger partial charge in [-0.3, -0.25) is 4.79 Å². The van der Waals surface area contributed by atoms with Gasteiger partial charge in [-0.25, -0.2) is 18.6 Å². The zero-order valence-electron chi connectivity index (χ0n) is 12.8. The van der Waals surface area contributed by atoms with Crippen LogP contribution >= 0.6 is 0 Å². The molecule has 2 rings (SSSR count). The van der Waals surface area contributed by atoms with Gasteiger partial charge in [-0.05, 0) is 12.5 Å². The van der Waals surface area contributed by atoms with Crippen LogP contribution < -0.4 is 10.1 Å². The number of halogens is 4. The van der Waals surface area contributed by atoms with E-state index in [0.29, 0.717) is 6.42 Å². The first kappa shape index (κ1) is 18.7. The van der Waals surface area contributed by atoms with E-state index >= 15 is 0 Å². The molecule has 1 fully saturated rings. The first-order chi connectivity index (χ1) is 11.7. The molecule has 0 saturated carbocycles. The molecular formula is C14H15F4N3O4. The molecule has 1 aromatic rings. The largest absolute Gasteiger partial charge is 0.481 e. The van der Waals surface area contributed by atoms with Gasteiger partial charge < -0.3 is 20.1 Å². The number of rotatable bonds is 6. The van der Waals surface area contributed by atoms with Crippen molar-refractivity contribution in [2.45, 2.75) is 18.8 Å². The van der Waals surface area contributed by atoms with E-state index in [1.165, 1.54) is 11.0 Å². The Kier molecular flexibility index (Phi) is 5.65. The van der Waals surface area contributed by atoms with Gasteiger partial charge in [-0.2, -0.15) is 8.78 Å². The SMILES string of the molecule is O=C(O)C1CCN(C(=O)Nc2ccnc(OCC(F)(F)C(F)F)c2)C1. The summed E-state index contributed by atoms with van der Waals surface area (Å²) in [5, 5.41) is 11.3. The Balaban J connectivity index is 1.93. The quantitative estimate of drug-likeness (QED) is 0.755. The van der Waals surface area contributed by atoms with Crippen molar-refractivity contribution in [3.8, 4) is 5.88 Å². The van der Waals surface area contributed by atoms with Crippen molar-refractivity contribution in [2.24, 2.45) is 5.92 Å². The van der Waals surface area contributed by atoms with E-state index in [9.17, 15) is 27.2 Å². The second-order valence-electron chi connectivity index (χ2n) is 5.43. The number of carbonyl (C=O) groups is 2. The molecule has 0 radical (unpaired) electrons. The highest BCUT2D eigenvalue weighted by Crippen LogP contribution is 2.24. The van der Waals surface area contributed by atoms with Gasteiger partial charge in [0.25, 0.3) is 0 Å². The Bertz CT molecular complexity index is 644. The molecule has 2 heterocycles. The summed E-state index contributed by atoms with van der Waals surface area (Å²) in [6.45, 7) is -1.24. The minimum atomic E-state index is -4.32. The molecule has 1 aliphatic rings. The summed E-state index contributed by atoms with van der Waals surface area (Å²) in [5.74, 6) is -6.31. The average Bonchev–Trinajstić information content (AvgIpc) is 3.04. The number of ether oxygens (including phenoxy) is 1. The zero-order chi connectivity index (χ0) is 18.6. The number of carboxylic acid groups (broad SMARTS) is 1. The molecule has 1 atom stereocenters. The van der Waals surface area contributed by atoms with Crippen molar-refractivity contribution >= 4 is 17.7 Å². The molecule has 1 unspecified atom stereocenters. The van der Waals surface area contributed by atoms with E-state index in [1.807, 2.05) is 0 Å². The number of hydrogen-bond donors (Lipinski definition) is 2. The second-order valence-corrected chi connectivity index (χ2v) is 5.43. The van der Waals surface area contributed by atoms with E-state index in [-0.39, 0.29) is 24.7 Å². The number of nitrogens with zero attached hydrogens (tertiary/aromatic N) is 2. The lowest BCUT2D eigenvalue weighted by atomic mass is 10.1. The Morgan fingerprint density at radius 1 is 1.48 bits per heavy atom. The Hall–Kier alpha value is -2.59. The molecule has 1 saturated heterocycles. The topological polar surface area (TPSA) is 91.8 Å². The number of aliphatic carboxylic acids is 1. The molecule has 25 heavy (non-hydrogen) atoms. The number of carbonyl (C=O) groups excluding carboxylic acids is 1. The molecule has 1 aromatic heterocycles. The Morgan fingerprint density at radius 3 is 2.80 bits per heavy atom. The maximum atomic E-state index is 12.8. The number of carboxylic acids is 1. The van der Waals surface area contributed by atoms with Crippen LogP contribution in [0.5, 0.6) is 5.88 Å². The summed E-state index contributed by atoms with van der Waals surface area (Å²) in [5.41, 5.74) is 0.147. The summed E-state index contributed by atoms with van der Waals surface area (Å²) in [4.78, 5) is 27.8. The monoisotopic (exact) mass is 365 g/mol. The second kappa shape index (κ2) is 7.53. The molecule has 1 aliphatic heterocycles. The van der Waals surface area contributed by atoms with Gasteiger partial charge in [0.2, 0.25) is 5.88 Å². The lowest BCUT2D eigenvalue weighted by Gasteiger charge is -2.18. The van der Waals surface area contributed by atoms with E-state index in [1.54, 1.807) is 0 Å². The average molecular weight is 365 g/mol. The van der Waals surface area contributed by atoms with Gasteiger partial charge in [-0.1, -0.05) is 0 Å². The third-order valence-electron chi connectivity index (χ3n) is 3.54. The number of aromatic nitrogens is 1. The van der Waals surface area contributed by atoms with Crippen LogP contribution in [-0.4, -0.2) is 59.0 Å². The van der Waals surface area contributed by atoms with Gasteiger partial charge in [0.05, 0.1) is 5.92 Å². The van der Waals surface area contributed by atoms with Gasteiger partial charge in [0.15, 0.2) is 6.61 Å². The fraction of sp³-hybridized carbons (Fsp3) is 0.500. The highest BCUT2D eigenvalue weighted by molar-refractivity contribution is 5.90. The number of alkyl halides is 4. The first-order valence-corrected chi connectivity index (χ1v) is 7.22. The summed E-state index contributed by atoms with van der Waals surface area (Å²) in [6.07, 6.45) is -2.39. The van der Waals surface area contributed by atoms with Crippen LogP contribution in [0.15, 0.2) is 18.3 Å². The smallest absolute Gasteiger partial charge is 0.340 e. The molecule has 138 valence electrons. The number of likely N-dealkylation sites (tertiary alicyclic amines) is 1. The molecule has 2 N–H and O–H groups in total. The van der Waals surface area contributed by atoms with Crippen LogP contribution in [0.1, 0.15) is 6.42 Å². The fourth-order valence-corrected chi connectivity index (χ4v) is 2.15. The van der Waals surface area contributed by atoms with Crippen LogP contribution in [-0.2, 0) is 4.79 Å². The van der Waals surface area contributed by atoms with Crippen molar-refractivity contribution in [3.63, 3.8) is 0 Å². The molecular weight excluding hydrogens is 350 g/mol. The van der Waals surface area contributed by atoms with Crippen molar-refractivity contribution < 1.29 is 37.0 Å². The van der Waals surface area contributed by atoms with Gasteiger partial charge in [-0.15, -0.1) is 0 Å². The number of pyridine rings is 1. The highest BCUT2D eigenvalue weighted by atomic mass is 19.3. The Morgan fingerprint density at radius 2 is 2.20 bits per heavy atom. The maximum Gasteiger partial charge on any atom is 0.340 e. The third kappa shape index (κ3) is 4.94. The van der Waals surface area contributed by atoms with E-state index in [2.05, 4.69) is 15.0 Å². The van der Waals surface area contributed by atoms with Gasteiger partial charge in [0.1, 0.15) is 0 Å². The zero-order valence-corrected chi connectivity index (χ0v) is 12.8. The fourth-order valence-electron chi connectivity index (χ4n) is 2.15. The maximum absolute atomic E-state index is 12.8. The third-order valence-corrected chi connectivity index (χ3v) is 3.54. The van der Waals surface area contributed by atoms with Crippen LogP contribution in [0.25, 0.3) is 0 Å². The minimum Gasteiger partial charge on any atom is -0.481 e. The van der Waals surface area contributed by atoms with Crippen molar-refractivity contribution in [1.29, 1.82) is 0 Å². The minimum absolute atomic E-state index is 0.0518. The number of hydrogen-bond acceptors (Lipinski definition) is 4. The molecule has 11 heteroatoms. The van der Waals surface area contributed by atoms with E-state index in [0.717, 1.165) is 12.3 Å². The number of anilines is 1. The lowest BCUT2D eigenvalue weighted by molar-refractivity contribution is -0.148. The standard InChI is InChI=1S/C14H15F4N3O4/c15-12(16)14(17,18)7-25-10-5-9(1-3-19-10)20-13(24)21-4-2-8(6-21)11(22)23/h1,3,5,8,12H,2,4,6-7H2,(H,22,23)(H,19,20,24). The lowest BCUT2D eigenvalue weighted by Crippen LogP contribution is -2.34. The highest BCUT2D eigenvalue weighted by Gasteiger charge is 2.41. The van der Waals surface area contributed by atoms with Crippen LogP contribution in [0.4, 0.5) is 28.0 Å². The summed E-state index contributed by atoms with van der Waals surface area (Å²) in [6, 6.07) is 1.88. The summed E-state index contributed by atoms with van der Waals surface area (Å²) >= 11 is 0. The predicted octanol–water partition coefficient (Wildman–Crippen LogP) is 2.30. The summed E-state index contributed by atoms with van der Waals surface area (Å²) in [7, 11) is 0. The molecule has 0 bridgehead atoms. The van der Waals surface area contributed by atoms with Crippen molar-refractivity contribution in [2.75, 3.05) is 25.0 Å². The van der Waals surface area contributed by atoms with Gasteiger partial charge in [0, 0.05) is 31.0 Å². The normalized spacial score (nSPS) is 17.6. The number of amides is 2. The van der Waals surface area contributed by atoms with Crippen LogP contribution in [0.2, 0.25) is 0 Å². The van der Waals surface area contributed by atoms with E-state index < -0.39 is 36.9 Å². The molecule has 0 spiro atoms. The first-order valence-electron chi connectivity index (χ1n) is 7.22. The number of nitrogens with one attached hydrogen (secondary N) is 1. The van der Waals surface area contributed by atoms with Crippen molar-refractivity contribution in [1.82, 2.24) is 9.88 Å². The molecule has 0 aromatic carbocycles. The molecule has 0 aliphatic carbocycles. The van der Waals surface area contributed by atoms with Crippen LogP contribution in [0.3, 0.4) is 0 Å². The van der Waals surface area contributed by atoms with Gasteiger partial charge >= 0.3 is 24.3 Å². The Labute approximate surface area is 139 Å². The molecule has 2 amide bonds. The van der Waals surface area contributed by atoms with E-state index in [4.69, 9.17) is 5.11 Å². The number of urea groups is 1. The predicted molar refractivity (Wildman–Crippen MR) is 77.0 cm³/mol. The summed E-state index contributed by atoms with van der Waals surface area (Å²) < 4.78 is 54.3. The van der Waals surface area contributed by atoms with Crippen molar-refractivity contribution in [3.05, 3.63) is 18.3 Å².